The molecule has 0 aliphatic heterocycles. The number of amides is 1. The zero-order valence-electron chi connectivity index (χ0n) is 21.3. The van der Waals surface area contributed by atoms with Gasteiger partial charge in [0.25, 0.3) is 11.9 Å². The van der Waals surface area contributed by atoms with Gasteiger partial charge in [0.2, 0.25) is 0 Å². The Hall–Kier alpha value is -5.27. The average Bonchev–Trinajstić information content (AvgIpc) is 3.32. The minimum atomic E-state index is -1.08. The molecule has 0 fully saturated rings. The molecule has 2 heterocycles. The normalized spacial score (nSPS) is 11.5. The van der Waals surface area contributed by atoms with Crippen molar-refractivity contribution in [3.63, 3.8) is 0 Å². The van der Waals surface area contributed by atoms with Gasteiger partial charge in [-0.25, -0.2) is 19.2 Å². The van der Waals surface area contributed by atoms with Crippen molar-refractivity contribution in [2.24, 2.45) is 5.73 Å². The standard InChI is InChI=1S/C25H26FN9O4/c1-34(2)19(36)13-39-18-12-16(38-3)11-17(20(18)26)21(31-15-7-5-14(6-8-15)22(27)28)23-32-25(37)35(33-23)24-29-9-4-10-30-24/h4-12,21,31H,13H2,1-3H3,(H3,27,28)(H,32,33,37). The Morgan fingerprint density at radius 3 is 2.54 bits per heavy atom. The highest BCUT2D eigenvalue weighted by Crippen LogP contribution is 2.35. The van der Waals surface area contributed by atoms with Gasteiger partial charge in [-0.1, -0.05) is 0 Å². The van der Waals surface area contributed by atoms with E-state index < -0.39 is 24.2 Å². The van der Waals surface area contributed by atoms with Gasteiger partial charge in [-0.2, -0.15) is 0 Å². The third-order valence-corrected chi connectivity index (χ3v) is 5.59. The van der Waals surface area contributed by atoms with Crippen LogP contribution in [-0.2, 0) is 4.79 Å². The van der Waals surface area contributed by atoms with Gasteiger partial charge in [-0.3, -0.25) is 15.2 Å². The van der Waals surface area contributed by atoms with Crippen LogP contribution in [0.25, 0.3) is 5.95 Å². The van der Waals surface area contributed by atoms with Crippen LogP contribution in [0.1, 0.15) is 23.0 Å². The Labute approximate surface area is 221 Å². The summed E-state index contributed by atoms with van der Waals surface area (Å²) in [6.45, 7) is -0.405. The van der Waals surface area contributed by atoms with Gasteiger partial charge < -0.3 is 25.4 Å². The maximum atomic E-state index is 15.9. The number of amidine groups is 1. The molecule has 13 nitrogen and oxygen atoms in total. The molecule has 1 unspecified atom stereocenters. The highest BCUT2D eigenvalue weighted by atomic mass is 19.1. The highest BCUT2D eigenvalue weighted by molar-refractivity contribution is 5.95. The molecule has 1 atom stereocenters. The number of likely N-dealkylation sites (N-methyl/N-ethyl adjacent to an activating group) is 1. The number of aromatic amines is 1. The summed E-state index contributed by atoms with van der Waals surface area (Å²) in [6, 6.07) is 9.77. The maximum absolute atomic E-state index is 15.9. The van der Waals surface area contributed by atoms with E-state index in [-0.39, 0.29) is 40.6 Å². The second-order valence-corrected chi connectivity index (χ2v) is 8.45. The van der Waals surface area contributed by atoms with Gasteiger partial charge in [0, 0.05) is 49.4 Å². The molecule has 1 amide bonds. The van der Waals surface area contributed by atoms with Crippen molar-refractivity contribution in [3.05, 3.63) is 88.1 Å². The number of carbonyl (C=O) groups excluding carboxylic acids is 1. The van der Waals surface area contributed by atoms with Gasteiger partial charge in [-0.15, -0.1) is 9.78 Å². The van der Waals surface area contributed by atoms with Crippen LogP contribution in [0.3, 0.4) is 0 Å². The van der Waals surface area contributed by atoms with Crippen molar-refractivity contribution in [2.45, 2.75) is 6.04 Å². The lowest BCUT2D eigenvalue weighted by molar-refractivity contribution is -0.130. The van der Waals surface area contributed by atoms with E-state index in [1.807, 2.05) is 0 Å². The molecule has 0 radical (unpaired) electrons. The summed E-state index contributed by atoms with van der Waals surface area (Å²) in [5.41, 5.74) is 5.91. The number of hydrogen-bond acceptors (Lipinski definition) is 9. The van der Waals surface area contributed by atoms with Crippen LogP contribution in [-0.4, -0.2) is 69.2 Å². The Bertz CT molecular complexity index is 1540. The number of nitrogens with zero attached hydrogens (tertiary/aromatic N) is 5. The summed E-state index contributed by atoms with van der Waals surface area (Å²) < 4.78 is 27.7. The van der Waals surface area contributed by atoms with Crippen molar-refractivity contribution >= 4 is 17.4 Å². The number of methoxy groups -OCH3 is 1. The molecule has 0 aliphatic rings. The molecule has 5 N–H and O–H groups in total. The van der Waals surface area contributed by atoms with E-state index in [0.29, 0.717) is 11.3 Å². The minimum absolute atomic E-state index is 0.00664. The van der Waals surface area contributed by atoms with Gasteiger partial charge >= 0.3 is 5.69 Å². The first-order valence-electron chi connectivity index (χ1n) is 11.6. The number of halogens is 1. The van der Waals surface area contributed by atoms with E-state index in [2.05, 4.69) is 25.4 Å². The van der Waals surface area contributed by atoms with Crippen LogP contribution in [0, 0.1) is 11.2 Å². The SMILES string of the molecule is COc1cc(OCC(=O)N(C)C)c(F)c(C(Nc2ccc(C(=N)N)cc2)c2nn(-c3ncccn3)c(=O)[nH]2)c1. The lowest BCUT2D eigenvalue weighted by atomic mass is 10.0. The number of nitrogen functional groups attached to an aromatic ring is 1. The molecule has 0 saturated heterocycles. The predicted molar refractivity (Wildman–Crippen MR) is 140 cm³/mol. The molecular formula is C25H26FN9O4. The Morgan fingerprint density at radius 2 is 1.92 bits per heavy atom. The number of carbonyl (C=O) groups is 1. The Kier molecular flexibility index (Phi) is 7.84. The zero-order valence-corrected chi connectivity index (χ0v) is 21.3. The lowest BCUT2D eigenvalue weighted by Crippen LogP contribution is -2.27. The topological polar surface area (TPSA) is 177 Å². The Morgan fingerprint density at radius 1 is 1.23 bits per heavy atom. The van der Waals surface area contributed by atoms with E-state index >= 15 is 4.39 Å². The fourth-order valence-corrected chi connectivity index (χ4v) is 3.51. The molecular weight excluding hydrogens is 509 g/mol. The molecule has 4 aromatic rings. The number of ether oxygens (including phenoxy) is 2. The number of hydrogen-bond donors (Lipinski definition) is 4. The van der Waals surface area contributed by atoms with Crippen LogP contribution in [0.5, 0.6) is 11.5 Å². The summed E-state index contributed by atoms with van der Waals surface area (Å²) in [5, 5.41) is 15.1. The number of benzene rings is 2. The number of rotatable bonds is 10. The molecule has 2 aromatic carbocycles. The molecule has 202 valence electrons. The third-order valence-electron chi connectivity index (χ3n) is 5.59. The van der Waals surface area contributed by atoms with Crippen molar-refractivity contribution in [1.82, 2.24) is 29.6 Å². The van der Waals surface area contributed by atoms with Crippen molar-refractivity contribution in [3.8, 4) is 17.4 Å². The number of H-pyrrole nitrogens is 1. The van der Waals surface area contributed by atoms with Crippen molar-refractivity contribution < 1.29 is 18.7 Å². The molecule has 14 heteroatoms. The van der Waals surface area contributed by atoms with Crippen LogP contribution >= 0.6 is 0 Å². The molecule has 2 aromatic heterocycles. The van der Waals surface area contributed by atoms with Crippen LogP contribution < -0.4 is 26.2 Å². The van der Waals surface area contributed by atoms with Crippen molar-refractivity contribution in [1.29, 1.82) is 5.41 Å². The van der Waals surface area contributed by atoms with E-state index in [4.69, 9.17) is 20.6 Å². The molecule has 0 bridgehead atoms. The second-order valence-electron chi connectivity index (χ2n) is 8.45. The van der Waals surface area contributed by atoms with Crippen LogP contribution in [0.4, 0.5) is 10.1 Å². The maximum Gasteiger partial charge on any atom is 0.350 e. The fourth-order valence-electron chi connectivity index (χ4n) is 3.51. The second kappa shape index (κ2) is 11.4. The summed E-state index contributed by atoms with van der Waals surface area (Å²) in [4.78, 5) is 36.9. The first-order chi connectivity index (χ1) is 18.7. The molecule has 0 aliphatic carbocycles. The predicted octanol–water partition coefficient (Wildman–Crippen LogP) is 1.45. The zero-order chi connectivity index (χ0) is 28.1. The number of nitrogens with two attached hydrogens (primary N) is 1. The van der Waals surface area contributed by atoms with Gasteiger partial charge in [0.1, 0.15) is 17.6 Å². The quantitative estimate of drug-likeness (QED) is 0.173. The van der Waals surface area contributed by atoms with Crippen molar-refractivity contribution in [2.75, 3.05) is 33.1 Å². The van der Waals surface area contributed by atoms with E-state index in [0.717, 1.165) is 4.68 Å². The average molecular weight is 536 g/mol. The third kappa shape index (κ3) is 6.01. The van der Waals surface area contributed by atoms with Gasteiger partial charge in [-0.05, 0) is 36.4 Å². The Balaban J connectivity index is 1.82. The summed E-state index contributed by atoms with van der Waals surface area (Å²) in [6.07, 6.45) is 2.91. The number of aromatic nitrogens is 5. The minimum Gasteiger partial charge on any atom is -0.497 e. The highest BCUT2D eigenvalue weighted by Gasteiger charge is 2.27. The molecule has 4 rings (SSSR count). The fraction of sp³-hybridized carbons (Fsp3) is 0.200. The molecule has 0 spiro atoms. The number of anilines is 1. The van der Waals surface area contributed by atoms with E-state index in [1.54, 1.807) is 44.4 Å². The molecule has 39 heavy (non-hydrogen) atoms. The number of nitrogens with one attached hydrogen (secondary N) is 3. The van der Waals surface area contributed by atoms with Crippen LogP contribution in [0.2, 0.25) is 0 Å². The van der Waals surface area contributed by atoms with E-state index in [9.17, 15) is 9.59 Å². The first-order valence-corrected chi connectivity index (χ1v) is 11.6. The smallest absolute Gasteiger partial charge is 0.350 e. The van der Waals surface area contributed by atoms with Gasteiger partial charge in [0.15, 0.2) is 24.0 Å². The summed E-state index contributed by atoms with van der Waals surface area (Å²) >= 11 is 0. The van der Waals surface area contributed by atoms with Gasteiger partial charge in [0.05, 0.1) is 7.11 Å². The largest absolute Gasteiger partial charge is 0.497 e. The lowest BCUT2D eigenvalue weighted by Gasteiger charge is -2.21. The summed E-state index contributed by atoms with van der Waals surface area (Å²) in [5.74, 6) is -1.22. The monoisotopic (exact) mass is 535 g/mol. The first kappa shape index (κ1) is 26.8. The van der Waals surface area contributed by atoms with E-state index in [1.165, 1.54) is 36.5 Å². The molecule has 0 saturated carbocycles. The van der Waals surface area contributed by atoms with Crippen LogP contribution in [0.15, 0.2) is 59.7 Å². The summed E-state index contributed by atoms with van der Waals surface area (Å²) in [7, 11) is 4.51.